The summed E-state index contributed by atoms with van der Waals surface area (Å²) in [5, 5.41) is 12.7. The Morgan fingerprint density at radius 1 is 1.20 bits per heavy atom. The van der Waals surface area contributed by atoms with Crippen LogP contribution in [-0.4, -0.2) is 65.3 Å². The molecule has 1 saturated heterocycles. The summed E-state index contributed by atoms with van der Waals surface area (Å²) in [4.78, 5) is 41.1. The Morgan fingerprint density at radius 3 is 2.30 bits per heavy atom. The minimum absolute atomic E-state index is 0.0430. The van der Waals surface area contributed by atoms with E-state index in [1.165, 1.54) is 0 Å². The van der Waals surface area contributed by atoms with Gasteiger partial charge in [-0.05, 0) is 43.6 Å². The van der Waals surface area contributed by atoms with Gasteiger partial charge >= 0.3 is 6.09 Å². The van der Waals surface area contributed by atoms with E-state index >= 15 is 0 Å². The highest BCUT2D eigenvalue weighted by Crippen LogP contribution is 2.40. The van der Waals surface area contributed by atoms with Crippen LogP contribution in [0.4, 0.5) is 4.79 Å². The molecule has 10 heteroatoms. The number of carboxylic acid groups (broad SMARTS) is 1. The van der Waals surface area contributed by atoms with Crippen LogP contribution < -0.4 is 5.32 Å². The molecule has 2 aliphatic rings. The number of rotatable bonds is 6. The topological polar surface area (TPSA) is 118 Å². The van der Waals surface area contributed by atoms with E-state index in [0.717, 1.165) is 41.8 Å². The standard InChI is InChI=1S/C27H37N3O4S.C2H6.CH2O2/c1-18-16-27(33-5,20-12-10-19(11-13-20)23-28-14-15-35-23)17-30(18)24(31)22(26(2,3)4)29-25(32)34-21-8-6-7-9-21;1-2;2-1-3/h10-15,18,21-22H,6-9,16-17H2,1-5H3,(H,29,32);1-2H3;1H,(H,2,3)/t18?,22?,27-;;/m0../s1. The number of carbonyl (C=O) groups excluding carboxylic acids is 2. The Bertz CT molecular complexity index is 1060. The molecule has 2 aromatic rings. The van der Waals surface area contributed by atoms with E-state index in [1.807, 2.05) is 51.8 Å². The van der Waals surface area contributed by atoms with Crippen LogP contribution in [-0.2, 0) is 24.7 Å². The first-order chi connectivity index (χ1) is 19.0. The van der Waals surface area contributed by atoms with Gasteiger partial charge in [-0.1, -0.05) is 58.9 Å². The summed E-state index contributed by atoms with van der Waals surface area (Å²) in [5.41, 5.74) is 1.01. The van der Waals surface area contributed by atoms with Crippen molar-refractivity contribution in [2.24, 2.45) is 5.41 Å². The molecule has 1 aromatic carbocycles. The number of hydrogen-bond acceptors (Lipinski definition) is 7. The SMILES string of the molecule is CC.CO[C@@]1(c2ccc(-c3nccs3)cc2)CC(C)N(C(=O)C(NC(=O)OC2CCCC2)C(C)(C)C)C1.O=CO. The quantitative estimate of drug-likeness (QED) is 0.401. The number of nitrogens with zero attached hydrogens (tertiary/aromatic N) is 2. The van der Waals surface area contributed by atoms with E-state index in [4.69, 9.17) is 19.4 Å². The lowest BCUT2D eigenvalue weighted by Gasteiger charge is -2.35. The third-order valence-electron chi connectivity index (χ3n) is 7.30. The van der Waals surface area contributed by atoms with Crippen LogP contribution in [0.3, 0.4) is 0 Å². The molecule has 40 heavy (non-hydrogen) atoms. The molecule has 1 aliphatic carbocycles. The van der Waals surface area contributed by atoms with Crippen LogP contribution in [0.2, 0.25) is 0 Å². The third-order valence-corrected chi connectivity index (χ3v) is 8.12. The number of likely N-dealkylation sites (tertiary alicyclic amines) is 1. The monoisotopic (exact) mass is 575 g/mol. The molecule has 1 aromatic heterocycles. The summed E-state index contributed by atoms with van der Waals surface area (Å²) in [6.45, 7) is 12.1. The Balaban J connectivity index is 0.00000105. The average molecular weight is 576 g/mol. The van der Waals surface area contributed by atoms with Crippen molar-refractivity contribution in [2.45, 2.75) is 97.4 Å². The van der Waals surface area contributed by atoms with Crippen molar-refractivity contribution in [2.75, 3.05) is 13.7 Å². The summed E-state index contributed by atoms with van der Waals surface area (Å²) in [7, 11) is 1.70. The van der Waals surface area contributed by atoms with E-state index < -0.39 is 23.2 Å². The number of nitrogens with one attached hydrogen (secondary N) is 1. The van der Waals surface area contributed by atoms with Crippen LogP contribution in [0.5, 0.6) is 0 Å². The van der Waals surface area contributed by atoms with Crippen molar-refractivity contribution in [3.8, 4) is 10.6 Å². The van der Waals surface area contributed by atoms with Crippen LogP contribution in [0.1, 0.15) is 79.2 Å². The normalized spacial score (nSPS) is 21.4. The van der Waals surface area contributed by atoms with Gasteiger partial charge in [0.15, 0.2) is 0 Å². The fourth-order valence-corrected chi connectivity index (χ4v) is 5.90. The minimum atomic E-state index is -0.696. The Kier molecular flexibility index (Phi) is 12.6. The number of methoxy groups -OCH3 is 1. The van der Waals surface area contributed by atoms with Gasteiger partial charge in [0.1, 0.15) is 22.8 Å². The van der Waals surface area contributed by atoms with E-state index in [-0.39, 0.29) is 24.5 Å². The van der Waals surface area contributed by atoms with Crippen LogP contribution in [0.25, 0.3) is 10.6 Å². The van der Waals surface area contributed by atoms with Crippen molar-refractivity contribution in [3.05, 3.63) is 41.4 Å². The number of thiazole rings is 1. The maximum absolute atomic E-state index is 13.8. The lowest BCUT2D eigenvalue weighted by molar-refractivity contribution is -0.137. The van der Waals surface area contributed by atoms with Gasteiger partial charge in [0.2, 0.25) is 5.91 Å². The fourth-order valence-electron chi connectivity index (χ4n) is 5.26. The molecule has 2 amide bonds. The van der Waals surface area contributed by atoms with Gasteiger partial charge < -0.3 is 24.8 Å². The fraction of sp³-hybridized carbons (Fsp3) is 0.600. The van der Waals surface area contributed by atoms with E-state index in [2.05, 4.69) is 34.6 Å². The molecule has 2 N–H and O–H groups in total. The lowest BCUT2D eigenvalue weighted by Crippen LogP contribution is -2.56. The second kappa shape index (κ2) is 15.1. The minimum Gasteiger partial charge on any atom is -0.483 e. The second-order valence-electron chi connectivity index (χ2n) is 11.0. The molecule has 2 heterocycles. The zero-order chi connectivity index (χ0) is 29.9. The van der Waals surface area contributed by atoms with Gasteiger partial charge in [0, 0.05) is 36.7 Å². The largest absolute Gasteiger partial charge is 0.483 e. The molecule has 2 fully saturated rings. The van der Waals surface area contributed by atoms with E-state index in [9.17, 15) is 9.59 Å². The van der Waals surface area contributed by atoms with E-state index in [1.54, 1.807) is 24.6 Å². The highest BCUT2D eigenvalue weighted by molar-refractivity contribution is 7.13. The summed E-state index contributed by atoms with van der Waals surface area (Å²) < 4.78 is 11.7. The molecule has 0 radical (unpaired) electrons. The predicted molar refractivity (Wildman–Crippen MR) is 157 cm³/mol. The van der Waals surface area contributed by atoms with Gasteiger partial charge in [-0.25, -0.2) is 9.78 Å². The molecule has 1 aliphatic heterocycles. The molecule has 1 saturated carbocycles. The maximum Gasteiger partial charge on any atom is 0.408 e. The van der Waals surface area contributed by atoms with Crippen LogP contribution in [0.15, 0.2) is 35.8 Å². The summed E-state index contributed by atoms with van der Waals surface area (Å²) in [5.74, 6) is -0.105. The Labute approximate surface area is 242 Å². The smallest absolute Gasteiger partial charge is 0.408 e. The molecule has 0 spiro atoms. The number of hydrogen-bond donors (Lipinski definition) is 2. The first-order valence-electron chi connectivity index (χ1n) is 14.0. The Morgan fingerprint density at radius 2 is 1.80 bits per heavy atom. The molecular formula is C30H45N3O6S. The highest BCUT2D eigenvalue weighted by atomic mass is 32.1. The van der Waals surface area contributed by atoms with Crippen molar-refractivity contribution in [1.82, 2.24) is 15.2 Å². The molecule has 4 rings (SSSR count). The number of amides is 2. The summed E-state index contributed by atoms with van der Waals surface area (Å²) >= 11 is 1.60. The first-order valence-corrected chi connectivity index (χ1v) is 14.8. The molecule has 3 atom stereocenters. The van der Waals surface area contributed by atoms with Gasteiger partial charge in [-0.15, -0.1) is 11.3 Å². The summed E-state index contributed by atoms with van der Waals surface area (Å²) in [6, 6.07) is 7.52. The number of benzene rings is 1. The number of carbonyl (C=O) groups is 3. The number of aromatic nitrogens is 1. The van der Waals surface area contributed by atoms with Gasteiger partial charge in [-0.3, -0.25) is 9.59 Å². The van der Waals surface area contributed by atoms with Crippen molar-refractivity contribution < 1.29 is 29.0 Å². The van der Waals surface area contributed by atoms with Crippen molar-refractivity contribution in [1.29, 1.82) is 0 Å². The second-order valence-corrected chi connectivity index (χ2v) is 11.9. The molecule has 0 bridgehead atoms. The first kappa shape index (κ1) is 33.2. The molecular weight excluding hydrogens is 530 g/mol. The summed E-state index contributed by atoms with van der Waals surface area (Å²) in [6.07, 6.45) is 5.86. The van der Waals surface area contributed by atoms with Crippen LogP contribution >= 0.6 is 11.3 Å². The molecule has 2 unspecified atom stereocenters. The highest BCUT2D eigenvalue weighted by Gasteiger charge is 2.48. The maximum atomic E-state index is 13.8. The molecule has 222 valence electrons. The van der Waals surface area contributed by atoms with Gasteiger partial charge in [0.05, 0.1) is 6.54 Å². The van der Waals surface area contributed by atoms with Gasteiger partial charge in [-0.2, -0.15) is 0 Å². The molecule has 9 nitrogen and oxygen atoms in total. The average Bonchev–Trinajstić information content (AvgIpc) is 3.70. The number of ether oxygens (including phenoxy) is 2. The van der Waals surface area contributed by atoms with Gasteiger partial charge in [0.25, 0.3) is 6.47 Å². The zero-order valence-corrected chi connectivity index (χ0v) is 25.6. The van der Waals surface area contributed by atoms with Crippen molar-refractivity contribution in [3.63, 3.8) is 0 Å². The number of alkyl carbamates (subject to hydrolysis) is 1. The van der Waals surface area contributed by atoms with E-state index in [0.29, 0.717) is 13.0 Å². The van der Waals surface area contributed by atoms with Crippen molar-refractivity contribution >= 4 is 29.8 Å². The van der Waals surface area contributed by atoms with Crippen LogP contribution in [0, 0.1) is 5.41 Å². The lowest BCUT2D eigenvalue weighted by atomic mass is 9.85. The Hall–Kier alpha value is -2.98. The predicted octanol–water partition coefficient (Wildman–Crippen LogP) is 6.08. The third kappa shape index (κ3) is 8.27. The zero-order valence-electron chi connectivity index (χ0n) is 24.8.